The molecule has 0 spiro atoms. The number of benzene rings is 7. The van der Waals surface area contributed by atoms with E-state index >= 15 is 0 Å². The molecule has 244 valence electrons. The lowest BCUT2D eigenvalue weighted by atomic mass is 10.1. The van der Waals surface area contributed by atoms with Crippen LogP contribution in [0.4, 0.5) is 17.3 Å². The summed E-state index contributed by atoms with van der Waals surface area (Å²) in [6.45, 7) is 0. The summed E-state index contributed by atoms with van der Waals surface area (Å²) in [7, 11) is 0. The summed E-state index contributed by atoms with van der Waals surface area (Å²) < 4.78 is 125. The zero-order valence-electron chi connectivity index (χ0n) is 38.6. The number of para-hydroxylation sites is 5. The summed E-state index contributed by atoms with van der Waals surface area (Å²) in [6.07, 6.45) is 0. The Morgan fingerprint density at radius 1 is 0.462 bits per heavy atom. The lowest BCUT2D eigenvalue weighted by Crippen LogP contribution is -2.15. The number of fused-ring (bicyclic) bond motifs is 9. The first-order valence-electron chi connectivity index (χ1n) is 22.1. The Balaban J connectivity index is 1.29. The van der Waals surface area contributed by atoms with Crippen LogP contribution >= 0.6 is 0 Å². The highest BCUT2D eigenvalue weighted by Gasteiger charge is 2.23. The van der Waals surface area contributed by atoms with Crippen molar-refractivity contribution in [2.24, 2.45) is 0 Å². The quantitative estimate of drug-likeness (QED) is 0.179. The molecule has 0 saturated carbocycles. The normalized spacial score (nSPS) is 15.1. The molecule has 0 atom stereocenters. The van der Waals surface area contributed by atoms with Gasteiger partial charge in [-0.2, -0.15) is 9.97 Å². The van der Waals surface area contributed by atoms with Gasteiger partial charge in [-0.15, -0.1) is 0 Å². The van der Waals surface area contributed by atoms with Gasteiger partial charge in [0.2, 0.25) is 5.95 Å². The molecule has 0 aliphatic carbocycles. The Hall–Kier alpha value is -7.25. The van der Waals surface area contributed by atoms with Gasteiger partial charge in [-0.1, -0.05) is 84.8 Å². The minimum atomic E-state index is -0.760. The molecule has 0 saturated heterocycles. The Bertz CT molecular complexity index is 3840. The van der Waals surface area contributed by atoms with E-state index in [1.807, 2.05) is 60.7 Å². The number of anilines is 3. The van der Waals surface area contributed by atoms with Crippen LogP contribution in [0.15, 0.2) is 171 Å². The Labute approximate surface area is 312 Å². The third-order valence-electron chi connectivity index (χ3n) is 8.91. The lowest BCUT2D eigenvalue weighted by Gasteiger charge is -2.24. The van der Waals surface area contributed by atoms with Gasteiger partial charge in [0.25, 0.3) is 0 Å². The number of hydrogen-bond donors (Lipinski definition) is 0. The average Bonchev–Trinajstić information content (AvgIpc) is 4.02. The van der Waals surface area contributed by atoms with Crippen LogP contribution in [0.2, 0.25) is 0 Å². The lowest BCUT2D eigenvalue weighted by molar-refractivity contribution is 0.668. The summed E-state index contributed by atoms with van der Waals surface area (Å²) in [5.74, 6) is -0.419. The second-order valence-corrected chi connectivity index (χ2v) is 11.9. The van der Waals surface area contributed by atoms with Gasteiger partial charge in [0, 0.05) is 49.3 Å². The predicted octanol–water partition coefficient (Wildman–Crippen LogP) is 12.4. The van der Waals surface area contributed by atoms with Crippen LogP contribution in [0.1, 0.15) is 16.4 Å². The maximum Gasteiger partial charge on any atom is 0.238 e. The van der Waals surface area contributed by atoms with Crippen molar-refractivity contribution in [3.8, 4) is 22.8 Å². The number of rotatable bonds is 5. The molecule has 11 aromatic rings. The Kier molecular flexibility index (Phi) is 4.12. The van der Waals surface area contributed by atoms with E-state index in [2.05, 4.69) is 0 Å². The molecule has 0 aliphatic heterocycles. The molecule has 7 heteroatoms. The summed E-state index contributed by atoms with van der Waals surface area (Å²) >= 11 is 0. The third kappa shape index (κ3) is 4.43. The fraction of sp³-hybridized carbons (Fsp3) is 0. The van der Waals surface area contributed by atoms with Gasteiger partial charge < -0.3 is 13.3 Å². The molecule has 7 aromatic carbocycles. The van der Waals surface area contributed by atoms with Gasteiger partial charge in [0.05, 0.1) is 22.0 Å². The largest absolute Gasteiger partial charge is 0.456 e. The monoisotopic (exact) mass is 682 g/mol. The fourth-order valence-electron chi connectivity index (χ4n) is 6.57. The SMILES string of the molecule is [2H]c1c([2H])c([2H])c(N(c2nc(-c3ccc4oc5ccccc5c4c3)nc(-c3cccc4c3oc3ccccc34)n2)c2c([2H])c([2H])c3oc4c([2H])c([2H])c([2H])c([2H])c4c3c2[2H])c([2H])c1[2H]. The first kappa shape index (κ1) is 19.2. The van der Waals surface area contributed by atoms with Gasteiger partial charge in [0.15, 0.2) is 11.6 Å². The highest BCUT2D eigenvalue weighted by molar-refractivity contribution is 6.10. The topological polar surface area (TPSA) is 81.3 Å². The van der Waals surface area contributed by atoms with E-state index < -0.39 is 95.4 Å². The predicted molar refractivity (Wildman–Crippen MR) is 207 cm³/mol. The summed E-state index contributed by atoms with van der Waals surface area (Å²) in [5.41, 5.74) is 1.12. The first-order chi connectivity index (χ1) is 30.7. The Morgan fingerprint density at radius 3 is 2.04 bits per heavy atom. The third-order valence-corrected chi connectivity index (χ3v) is 8.91. The molecule has 0 N–H and O–H groups in total. The number of nitrogens with zero attached hydrogens (tertiary/aromatic N) is 4. The minimum Gasteiger partial charge on any atom is -0.456 e. The van der Waals surface area contributed by atoms with Crippen LogP contribution < -0.4 is 4.90 Å². The summed E-state index contributed by atoms with van der Waals surface area (Å²) in [4.78, 5) is 15.6. The van der Waals surface area contributed by atoms with E-state index in [0.29, 0.717) is 33.5 Å². The molecule has 7 nitrogen and oxygen atoms in total. The van der Waals surface area contributed by atoms with E-state index in [9.17, 15) is 6.85 Å². The standard InChI is InChI=1S/C45H26N4O3/c1-2-11-28(12-3-1)49(29-22-24-41-36(26-29)32-15-6-8-19-38(32)51-41)45-47-43(27-21-23-40-35(25-27)31-14-5-7-18-37(31)50-40)46-44(48-45)34-17-10-16-33-30-13-4-9-20-39(30)52-42(33)34/h1-26H/i1D,2D,3D,6D,8D,11D,12D,15D,19D,22D,24D,26D. The Morgan fingerprint density at radius 2 is 1.15 bits per heavy atom. The van der Waals surface area contributed by atoms with Gasteiger partial charge >= 0.3 is 0 Å². The highest BCUT2D eigenvalue weighted by atomic mass is 16.3. The molecule has 0 aliphatic rings. The second kappa shape index (κ2) is 11.1. The van der Waals surface area contributed by atoms with Gasteiger partial charge in [0.1, 0.15) is 33.5 Å². The van der Waals surface area contributed by atoms with Crippen molar-refractivity contribution in [3.63, 3.8) is 0 Å². The number of aromatic nitrogens is 3. The van der Waals surface area contributed by atoms with Crippen molar-refractivity contribution in [2.75, 3.05) is 4.90 Å². The van der Waals surface area contributed by atoms with Crippen molar-refractivity contribution >= 4 is 83.1 Å². The minimum absolute atomic E-state index is 0.00714. The number of furan rings is 3. The van der Waals surface area contributed by atoms with Crippen molar-refractivity contribution in [1.82, 2.24) is 15.0 Å². The van der Waals surface area contributed by atoms with E-state index in [0.717, 1.165) is 26.4 Å². The van der Waals surface area contributed by atoms with Gasteiger partial charge in [-0.25, -0.2) is 4.98 Å². The molecule has 4 heterocycles. The van der Waals surface area contributed by atoms with E-state index in [1.54, 1.807) is 24.3 Å². The van der Waals surface area contributed by atoms with Crippen LogP contribution in [-0.4, -0.2) is 15.0 Å². The molecule has 0 bridgehead atoms. The van der Waals surface area contributed by atoms with Crippen molar-refractivity contribution < 1.29 is 29.7 Å². The van der Waals surface area contributed by atoms with E-state index in [4.69, 9.17) is 37.8 Å². The average molecular weight is 683 g/mol. The van der Waals surface area contributed by atoms with E-state index in [1.165, 1.54) is 0 Å². The zero-order valence-corrected chi connectivity index (χ0v) is 26.6. The van der Waals surface area contributed by atoms with Crippen LogP contribution in [-0.2, 0) is 0 Å². The van der Waals surface area contributed by atoms with Gasteiger partial charge in [-0.3, -0.25) is 4.90 Å². The second-order valence-electron chi connectivity index (χ2n) is 11.9. The molecule has 11 rings (SSSR count). The van der Waals surface area contributed by atoms with Crippen molar-refractivity contribution in [2.45, 2.75) is 0 Å². The molecular formula is C45H26N4O3. The van der Waals surface area contributed by atoms with Crippen molar-refractivity contribution in [1.29, 1.82) is 0 Å². The van der Waals surface area contributed by atoms with Crippen LogP contribution in [0.25, 0.3) is 88.6 Å². The van der Waals surface area contributed by atoms with Crippen molar-refractivity contribution in [3.05, 3.63) is 157 Å². The maximum atomic E-state index is 9.73. The molecular weight excluding hydrogens is 645 g/mol. The van der Waals surface area contributed by atoms with Crippen LogP contribution in [0, 0.1) is 0 Å². The van der Waals surface area contributed by atoms with Gasteiger partial charge in [-0.05, 0) is 72.7 Å². The molecule has 0 unspecified atom stereocenters. The molecule has 0 amide bonds. The fourth-order valence-corrected chi connectivity index (χ4v) is 6.57. The molecule has 0 fully saturated rings. The smallest absolute Gasteiger partial charge is 0.238 e. The maximum absolute atomic E-state index is 9.73. The zero-order chi connectivity index (χ0) is 44.6. The summed E-state index contributed by atoms with van der Waals surface area (Å²) in [5, 5.41) is 2.53. The molecule has 52 heavy (non-hydrogen) atoms. The highest BCUT2D eigenvalue weighted by Crippen LogP contribution is 2.40. The molecule has 4 aromatic heterocycles. The van der Waals surface area contributed by atoms with E-state index in [-0.39, 0.29) is 28.0 Å². The van der Waals surface area contributed by atoms with Crippen LogP contribution in [0.5, 0.6) is 0 Å². The summed E-state index contributed by atoms with van der Waals surface area (Å²) in [6, 6.07) is 17.4. The molecule has 0 radical (unpaired) electrons. The van der Waals surface area contributed by atoms with Crippen LogP contribution in [0.3, 0.4) is 0 Å². The first-order valence-corrected chi connectivity index (χ1v) is 16.1. The number of hydrogen-bond acceptors (Lipinski definition) is 7.